The molecule has 21 heavy (non-hydrogen) atoms. The molecule has 1 amide bonds. The number of benzene rings is 1. The van der Waals surface area contributed by atoms with E-state index in [0.29, 0.717) is 17.1 Å². The lowest BCUT2D eigenvalue weighted by Gasteiger charge is -2.08. The average molecular weight is 290 g/mol. The molecule has 0 fully saturated rings. The lowest BCUT2D eigenvalue weighted by molar-refractivity contribution is 0.0660. The fraction of sp³-hybridized carbons (Fsp3) is 0.143. The normalized spacial score (nSPS) is 10.1. The number of nitrogens with one attached hydrogen (secondary N) is 1. The number of amides is 1. The topological polar surface area (TPSA) is 115 Å². The largest absolute Gasteiger partial charge is 0.497 e. The number of ether oxygens (including phenoxy) is 1. The van der Waals surface area contributed by atoms with Crippen molar-refractivity contribution in [3.05, 3.63) is 47.4 Å². The van der Waals surface area contributed by atoms with Crippen molar-refractivity contribution in [1.82, 2.24) is 5.32 Å². The molecule has 0 radical (unpaired) electrons. The first-order chi connectivity index (χ1) is 10.0. The average Bonchev–Trinajstić information content (AvgIpc) is 2.93. The number of carbonyl (C=O) groups excluding carboxylic acids is 1. The molecule has 0 atom stereocenters. The predicted octanol–water partition coefficient (Wildman–Crippen LogP) is 1.50. The second kappa shape index (κ2) is 6.00. The van der Waals surface area contributed by atoms with E-state index in [1.165, 1.54) is 19.2 Å². The summed E-state index contributed by atoms with van der Waals surface area (Å²) in [5, 5.41) is 11.3. The van der Waals surface area contributed by atoms with Gasteiger partial charge in [0.1, 0.15) is 11.5 Å². The summed E-state index contributed by atoms with van der Waals surface area (Å²) in [5.41, 5.74) is 6.36. The number of furan rings is 1. The summed E-state index contributed by atoms with van der Waals surface area (Å²) in [6.07, 6.45) is 0. The van der Waals surface area contributed by atoms with Crippen LogP contribution in [-0.4, -0.2) is 24.1 Å². The van der Waals surface area contributed by atoms with Crippen LogP contribution < -0.4 is 15.8 Å². The van der Waals surface area contributed by atoms with Gasteiger partial charge < -0.3 is 25.3 Å². The van der Waals surface area contributed by atoms with Gasteiger partial charge >= 0.3 is 5.97 Å². The molecule has 0 unspecified atom stereocenters. The van der Waals surface area contributed by atoms with Gasteiger partial charge in [0.2, 0.25) is 5.76 Å². The van der Waals surface area contributed by atoms with Gasteiger partial charge in [0.15, 0.2) is 0 Å². The van der Waals surface area contributed by atoms with E-state index in [4.69, 9.17) is 20.0 Å². The molecule has 0 saturated heterocycles. The minimum Gasteiger partial charge on any atom is -0.497 e. The van der Waals surface area contributed by atoms with Crippen molar-refractivity contribution in [3.8, 4) is 5.75 Å². The fourth-order valence-corrected chi connectivity index (χ4v) is 1.73. The highest BCUT2D eigenvalue weighted by Gasteiger charge is 2.13. The van der Waals surface area contributed by atoms with Crippen LogP contribution in [0.15, 0.2) is 34.7 Å². The van der Waals surface area contributed by atoms with Crippen LogP contribution in [0.1, 0.15) is 26.7 Å². The van der Waals surface area contributed by atoms with E-state index in [1.54, 1.807) is 18.2 Å². The highest BCUT2D eigenvalue weighted by atomic mass is 16.5. The van der Waals surface area contributed by atoms with Gasteiger partial charge in [-0.15, -0.1) is 0 Å². The molecule has 2 rings (SSSR count). The van der Waals surface area contributed by atoms with Gasteiger partial charge in [0.05, 0.1) is 19.2 Å². The third kappa shape index (κ3) is 3.33. The first-order valence-electron chi connectivity index (χ1n) is 6.05. The first-order valence-corrected chi connectivity index (χ1v) is 6.05. The zero-order valence-corrected chi connectivity index (χ0v) is 11.3. The van der Waals surface area contributed by atoms with E-state index in [1.807, 2.05) is 0 Å². The highest BCUT2D eigenvalue weighted by molar-refractivity contribution is 5.99. The van der Waals surface area contributed by atoms with Crippen molar-refractivity contribution < 1.29 is 23.8 Å². The van der Waals surface area contributed by atoms with Crippen LogP contribution in [0.25, 0.3) is 0 Å². The standard InChI is InChI=1S/C14H14N2O5/c1-20-8-2-4-10(11(15)6-8)13(17)16-7-9-3-5-12(21-9)14(18)19/h2-6H,7,15H2,1H3,(H,16,17)(H,18,19). The van der Waals surface area contributed by atoms with Crippen LogP contribution in [0.3, 0.4) is 0 Å². The Bertz CT molecular complexity index is 678. The molecular weight excluding hydrogens is 276 g/mol. The molecule has 0 bridgehead atoms. The number of nitrogens with two attached hydrogens (primary N) is 1. The van der Waals surface area contributed by atoms with Gasteiger partial charge in [0, 0.05) is 11.8 Å². The third-order valence-electron chi connectivity index (χ3n) is 2.80. The van der Waals surface area contributed by atoms with Crippen molar-refractivity contribution >= 4 is 17.6 Å². The van der Waals surface area contributed by atoms with Gasteiger partial charge in [-0.1, -0.05) is 0 Å². The summed E-state index contributed by atoms with van der Waals surface area (Å²) in [6, 6.07) is 7.53. The van der Waals surface area contributed by atoms with Crippen molar-refractivity contribution in [3.63, 3.8) is 0 Å². The highest BCUT2D eigenvalue weighted by Crippen LogP contribution is 2.19. The molecule has 0 aliphatic rings. The van der Waals surface area contributed by atoms with Crippen LogP contribution >= 0.6 is 0 Å². The van der Waals surface area contributed by atoms with Gasteiger partial charge in [-0.25, -0.2) is 4.79 Å². The third-order valence-corrected chi connectivity index (χ3v) is 2.80. The van der Waals surface area contributed by atoms with Gasteiger partial charge in [-0.3, -0.25) is 4.79 Å². The monoisotopic (exact) mass is 290 g/mol. The molecule has 110 valence electrons. The Labute approximate surface area is 120 Å². The van der Waals surface area contributed by atoms with Crippen LogP contribution in [-0.2, 0) is 6.54 Å². The lowest BCUT2D eigenvalue weighted by Crippen LogP contribution is -2.23. The molecule has 0 aliphatic heterocycles. The maximum absolute atomic E-state index is 12.0. The molecular formula is C14H14N2O5. The first kappa shape index (κ1) is 14.4. The molecule has 0 saturated carbocycles. The van der Waals surface area contributed by atoms with Crippen molar-refractivity contribution in [2.24, 2.45) is 0 Å². The molecule has 7 nitrogen and oxygen atoms in total. The molecule has 1 heterocycles. The van der Waals surface area contributed by atoms with Crippen molar-refractivity contribution in [1.29, 1.82) is 0 Å². The summed E-state index contributed by atoms with van der Waals surface area (Å²) < 4.78 is 10.0. The molecule has 1 aromatic heterocycles. The number of methoxy groups -OCH3 is 1. The minimum absolute atomic E-state index is 0.0670. The van der Waals surface area contributed by atoms with Crippen molar-refractivity contribution in [2.45, 2.75) is 6.54 Å². The number of nitrogen functional groups attached to an aromatic ring is 1. The maximum atomic E-state index is 12.0. The maximum Gasteiger partial charge on any atom is 0.371 e. The summed E-state index contributed by atoms with van der Waals surface area (Å²) in [6.45, 7) is 0.0670. The molecule has 4 N–H and O–H groups in total. The van der Waals surface area contributed by atoms with Crippen molar-refractivity contribution in [2.75, 3.05) is 12.8 Å². The van der Waals surface area contributed by atoms with E-state index in [9.17, 15) is 9.59 Å². The minimum atomic E-state index is -1.16. The van der Waals surface area contributed by atoms with E-state index >= 15 is 0 Å². The lowest BCUT2D eigenvalue weighted by atomic mass is 10.1. The van der Waals surface area contributed by atoms with Crippen LogP contribution in [0.2, 0.25) is 0 Å². The zero-order valence-electron chi connectivity index (χ0n) is 11.3. The zero-order chi connectivity index (χ0) is 15.4. The van der Waals surface area contributed by atoms with Crippen LogP contribution in [0, 0.1) is 0 Å². The summed E-state index contributed by atoms with van der Waals surface area (Å²) in [7, 11) is 1.51. The Hall–Kier alpha value is -2.96. The smallest absolute Gasteiger partial charge is 0.371 e. The van der Waals surface area contributed by atoms with E-state index in [-0.39, 0.29) is 23.9 Å². The number of aromatic carboxylic acids is 1. The second-order valence-corrected chi connectivity index (χ2v) is 4.21. The molecule has 0 aliphatic carbocycles. The molecule has 7 heteroatoms. The molecule has 2 aromatic rings. The number of carboxylic acid groups (broad SMARTS) is 1. The van der Waals surface area contributed by atoms with E-state index in [2.05, 4.69) is 5.32 Å². The predicted molar refractivity (Wildman–Crippen MR) is 74.2 cm³/mol. The number of hydrogen-bond acceptors (Lipinski definition) is 5. The van der Waals surface area contributed by atoms with Crippen LogP contribution in [0.5, 0.6) is 5.75 Å². The Kier molecular flexibility index (Phi) is 4.13. The van der Waals surface area contributed by atoms with E-state index in [0.717, 1.165) is 0 Å². The Morgan fingerprint density at radius 3 is 2.67 bits per heavy atom. The van der Waals surface area contributed by atoms with E-state index < -0.39 is 5.97 Å². The molecule has 0 spiro atoms. The Morgan fingerprint density at radius 2 is 2.10 bits per heavy atom. The number of carbonyl (C=O) groups is 2. The summed E-state index contributed by atoms with van der Waals surface area (Å²) in [4.78, 5) is 22.7. The number of rotatable bonds is 5. The van der Waals surface area contributed by atoms with Crippen LogP contribution in [0.4, 0.5) is 5.69 Å². The summed E-state index contributed by atoms with van der Waals surface area (Å²) >= 11 is 0. The molecule has 1 aromatic carbocycles. The number of anilines is 1. The summed E-state index contributed by atoms with van der Waals surface area (Å²) in [5.74, 6) is -0.826. The fourth-order valence-electron chi connectivity index (χ4n) is 1.73. The number of hydrogen-bond donors (Lipinski definition) is 3. The SMILES string of the molecule is COc1ccc(C(=O)NCc2ccc(C(=O)O)o2)c(N)c1. The van der Waals surface area contributed by atoms with Gasteiger partial charge in [0.25, 0.3) is 5.91 Å². The van der Waals surface area contributed by atoms with Gasteiger partial charge in [-0.05, 0) is 24.3 Å². The number of carboxylic acids is 1. The quantitative estimate of drug-likeness (QED) is 0.719. The Morgan fingerprint density at radius 1 is 1.33 bits per heavy atom. The second-order valence-electron chi connectivity index (χ2n) is 4.21. The van der Waals surface area contributed by atoms with Gasteiger partial charge in [-0.2, -0.15) is 0 Å². The Balaban J connectivity index is 2.02.